The van der Waals surface area contributed by atoms with E-state index in [1.165, 1.54) is 141 Å². The lowest BCUT2D eigenvalue weighted by Crippen LogP contribution is -2.15. The van der Waals surface area contributed by atoms with E-state index in [9.17, 15) is 24.0 Å². The molecule has 0 spiro atoms. The van der Waals surface area contributed by atoms with Gasteiger partial charge in [-0.25, -0.2) is 9.59 Å². The van der Waals surface area contributed by atoms with E-state index in [-0.39, 0.29) is 30.7 Å². The zero-order valence-electron chi connectivity index (χ0n) is 44.9. The number of rotatable bonds is 44. The van der Waals surface area contributed by atoms with Gasteiger partial charge in [0.15, 0.2) is 0 Å². The molecule has 0 saturated heterocycles. The first kappa shape index (κ1) is 66.7. The molecule has 0 aromatic heterocycles. The molecule has 396 valence electrons. The Hall–Kier alpha value is -3.43. The highest BCUT2D eigenvalue weighted by atomic mass is 16.5. The van der Waals surface area contributed by atoms with Gasteiger partial charge >= 0.3 is 29.8 Å². The summed E-state index contributed by atoms with van der Waals surface area (Å²) in [5.41, 5.74) is 0.598. The molecule has 0 aliphatic rings. The standard InChI is InChI=1S/C28H46O4.C18H36O2.C12H22O4/c1-3-5-7-9-11-13-15-19-23-31-27(29)25-21-17-18-22-26(25)28(30)32-24-20-16-14-12-10-8-6-4-2;1-3-5-7-8-9-10-11-12-13-14-15-16-18(19)20-17-6-4-2;1-3-5-9-15-11(13)7-8-12(14)16-10-6-4-2/h17-18,21-22H,3-16,19-20,23-24H2,1-2H3;3-17H2,1-2H3;3-10H2,1-2H3. The lowest BCUT2D eigenvalue weighted by Gasteiger charge is -2.10. The van der Waals surface area contributed by atoms with E-state index in [1.54, 1.807) is 24.3 Å². The van der Waals surface area contributed by atoms with Gasteiger partial charge in [-0.3, -0.25) is 14.4 Å². The number of ether oxygens (including phenoxy) is 5. The van der Waals surface area contributed by atoms with Crippen LogP contribution in [-0.2, 0) is 38.1 Å². The van der Waals surface area contributed by atoms with Crippen LogP contribution in [0.2, 0.25) is 0 Å². The summed E-state index contributed by atoms with van der Waals surface area (Å²) in [5.74, 6) is -1.52. The van der Waals surface area contributed by atoms with Gasteiger partial charge in [-0.1, -0.05) is 227 Å². The van der Waals surface area contributed by atoms with Crippen LogP contribution in [0.5, 0.6) is 0 Å². The number of unbranched alkanes of at least 4 members (excludes halogenated alkanes) is 27. The highest BCUT2D eigenvalue weighted by Gasteiger charge is 2.19. The lowest BCUT2D eigenvalue weighted by atomic mass is 10.1. The molecule has 1 aromatic rings. The first-order chi connectivity index (χ1) is 33.2. The van der Waals surface area contributed by atoms with Crippen LogP contribution in [0.15, 0.2) is 24.3 Å². The SMILES string of the molecule is CCCCCCCCCCCCCC(=O)OCCCC.CCCCCCCCCCOC(=O)c1ccccc1C(=O)OCCCCCCCCCC.CCCCOC(=O)CCC(=O)OCCCC. The molecule has 0 N–H and O–H groups in total. The minimum atomic E-state index is -0.437. The van der Waals surface area contributed by atoms with Crippen LogP contribution in [0.25, 0.3) is 0 Å². The van der Waals surface area contributed by atoms with Crippen molar-refractivity contribution < 1.29 is 47.7 Å². The monoisotopic (exact) mass is 961 g/mol. The van der Waals surface area contributed by atoms with Crippen molar-refractivity contribution in [2.75, 3.05) is 33.0 Å². The van der Waals surface area contributed by atoms with Gasteiger partial charge in [0.1, 0.15) is 0 Å². The number of hydrogen-bond acceptors (Lipinski definition) is 10. The van der Waals surface area contributed by atoms with Crippen molar-refractivity contribution in [3.63, 3.8) is 0 Å². The number of carbonyl (C=O) groups excluding carboxylic acids is 5. The predicted molar refractivity (Wildman–Crippen MR) is 280 cm³/mol. The quantitative estimate of drug-likeness (QED) is 0.0354. The van der Waals surface area contributed by atoms with Crippen molar-refractivity contribution >= 4 is 29.8 Å². The van der Waals surface area contributed by atoms with Gasteiger partial charge in [-0.2, -0.15) is 0 Å². The Morgan fingerprint density at radius 1 is 0.279 bits per heavy atom. The highest BCUT2D eigenvalue weighted by Crippen LogP contribution is 2.16. The molecular formula is C58H104O10. The second kappa shape index (κ2) is 54.5. The van der Waals surface area contributed by atoms with Crippen LogP contribution in [0.1, 0.15) is 293 Å². The minimum Gasteiger partial charge on any atom is -0.466 e. The number of carbonyl (C=O) groups is 5. The van der Waals surface area contributed by atoms with Crippen molar-refractivity contribution in [1.29, 1.82) is 0 Å². The van der Waals surface area contributed by atoms with Gasteiger partial charge < -0.3 is 23.7 Å². The molecule has 0 radical (unpaired) electrons. The van der Waals surface area contributed by atoms with E-state index in [1.807, 2.05) is 13.8 Å². The molecule has 0 unspecified atom stereocenters. The molecule has 68 heavy (non-hydrogen) atoms. The van der Waals surface area contributed by atoms with Crippen LogP contribution in [0.3, 0.4) is 0 Å². The first-order valence-electron chi connectivity index (χ1n) is 28.1. The summed E-state index contributed by atoms with van der Waals surface area (Å²) in [7, 11) is 0. The van der Waals surface area contributed by atoms with E-state index in [0.29, 0.717) is 50.6 Å². The molecule has 1 rings (SSSR count). The van der Waals surface area contributed by atoms with Crippen molar-refractivity contribution in [3.05, 3.63) is 35.4 Å². The van der Waals surface area contributed by atoms with Crippen LogP contribution in [0, 0.1) is 0 Å². The van der Waals surface area contributed by atoms with E-state index in [0.717, 1.165) is 70.6 Å². The van der Waals surface area contributed by atoms with E-state index >= 15 is 0 Å². The molecule has 0 atom stereocenters. The smallest absolute Gasteiger partial charge is 0.339 e. The average molecular weight is 961 g/mol. The molecule has 10 heteroatoms. The molecule has 0 saturated carbocycles. The second-order valence-corrected chi connectivity index (χ2v) is 18.3. The molecule has 10 nitrogen and oxygen atoms in total. The largest absolute Gasteiger partial charge is 0.466 e. The van der Waals surface area contributed by atoms with Crippen molar-refractivity contribution in [2.24, 2.45) is 0 Å². The lowest BCUT2D eigenvalue weighted by molar-refractivity contribution is -0.150. The normalized spacial score (nSPS) is 10.6. The van der Waals surface area contributed by atoms with E-state index in [4.69, 9.17) is 23.7 Å². The third-order valence-corrected chi connectivity index (χ3v) is 11.6. The molecular weight excluding hydrogens is 857 g/mol. The fourth-order valence-electron chi connectivity index (χ4n) is 7.14. The summed E-state index contributed by atoms with van der Waals surface area (Å²) in [6.45, 7) is 15.2. The summed E-state index contributed by atoms with van der Waals surface area (Å²) in [5, 5.41) is 0. The molecule has 0 bridgehead atoms. The van der Waals surface area contributed by atoms with Crippen molar-refractivity contribution in [3.8, 4) is 0 Å². The topological polar surface area (TPSA) is 132 Å². The summed E-state index contributed by atoms with van der Waals surface area (Å²) in [6.07, 6.45) is 40.3. The molecule has 0 heterocycles. The fourth-order valence-corrected chi connectivity index (χ4v) is 7.14. The average Bonchev–Trinajstić information content (AvgIpc) is 3.34. The number of hydrogen-bond donors (Lipinski definition) is 0. The summed E-state index contributed by atoms with van der Waals surface area (Å²) in [6, 6.07) is 6.79. The molecule has 0 fully saturated rings. The van der Waals surface area contributed by atoms with Crippen LogP contribution in [0.4, 0.5) is 0 Å². The number of esters is 5. The predicted octanol–water partition coefficient (Wildman–Crippen LogP) is 16.8. The van der Waals surface area contributed by atoms with Gasteiger partial charge in [0.25, 0.3) is 0 Å². The van der Waals surface area contributed by atoms with Gasteiger partial charge in [0, 0.05) is 6.42 Å². The van der Waals surface area contributed by atoms with Crippen LogP contribution < -0.4 is 0 Å². The summed E-state index contributed by atoms with van der Waals surface area (Å²) in [4.78, 5) is 58.5. The molecule has 0 aliphatic carbocycles. The summed E-state index contributed by atoms with van der Waals surface area (Å²) < 4.78 is 25.8. The minimum absolute atomic E-state index is 0.00521. The number of benzene rings is 1. The van der Waals surface area contributed by atoms with Gasteiger partial charge in [-0.15, -0.1) is 0 Å². The second-order valence-electron chi connectivity index (χ2n) is 18.3. The maximum Gasteiger partial charge on any atom is 0.339 e. The summed E-state index contributed by atoms with van der Waals surface area (Å²) >= 11 is 0. The Kier molecular flexibility index (Phi) is 53.4. The maximum atomic E-state index is 12.5. The highest BCUT2D eigenvalue weighted by molar-refractivity contribution is 6.03. The van der Waals surface area contributed by atoms with Gasteiger partial charge in [0.05, 0.1) is 57.0 Å². The van der Waals surface area contributed by atoms with Gasteiger partial charge in [0.2, 0.25) is 0 Å². The van der Waals surface area contributed by atoms with E-state index < -0.39 is 11.9 Å². The Bertz CT molecular complexity index is 1220. The zero-order chi connectivity index (χ0) is 50.4. The third kappa shape index (κ3) is 47.6. The third-order valence-electron chi connectivity index (χ3n) is 11.6. The Balaban J connectivity index is 0. The fraction of sp³-hybridized carbons (Fsp3) is 0.810. The molecule has 1 aromatic carbocycles. The Labute approximate surface area is 417 Å². The zero-order valence-corrected chi connectivity index (χ0v) is 44.9. The first-order valence-corrected chi connectivity index (χ1v) is 28.1. The Morgan fingerprint density at radius 2 is 0.515 bits per heavy atom. The van der Waals surface area contributed by atoms with Crippen LogP contribution >= 0.6 is 0 Å². The maximum absolute atomic E-state index is 12.5. The van der Waals surface area contributed by atoms with Crippen molar-refractivity contribution in [2.45, 2.75) is 273 Å². The molecule has 0 amide bonds. The molecule has 0 aliphatic heterocycles. The van der Waals surface area contributed by atoms with Crippen LogP contribution in [-0.4, -0.2) is 62.9 Å². The van der Waals surface area contributed by atoms with Crippen molar-refractivity contribution in [1.82, 2.24) is 0 Å². The van der Waals surface area contributed by atoms with Gasteiger partial charge in [-0.05, 0) is 50.7 Å². The van der Waals surface area contributed by atoms with E-state index in [2.05, 4.69) is 27.7 Å². The Morgan fingerprint density at radius 3 is 0.809 bits per heavy atom.